The van der Waals surface area contributed by atoms with Gasteiger partial charge in [-0.1, -0.05) is 42.5 Å². The van der Waals surface area contributed by atoms with Crippen molar-refractivity contribution < 1.29 is 4.74 Å². The third-order valence-corrected chi connectivity index (χ3v) is 4.83. The van der Waals surface area contributed by atoms with Gasteiger partial charge >= 0.3 is 0 Å². The molecule has 7 heteroatoms. The molecule has 0 atom stereocenters. The Morgan fingerprint density at radius 3 is 2.65 bits per heavy atom. The molecule has 1 aliphatic rings. The minimum Gasteiger partial charge on any atom is -0.389 e. The van der Waals surface area contributed by atoms with Crippen LogP contribution in [0, 0.1) is 0 Å². The van der Waals surface area contributed by atoms with Crippen LogP contribution in [0.3, 0.4) is 0 Å². The van der Waals surface area contributed by atoms with Crippen LogP contribution in [0.4, 0.5) is 0 Å². The van der Waals surface area contributed by atoms with Crippen LogP contribution in [0.25, 0.3) is 16.8 Å². The van der Waals surface area contributed by atoms with Gasteiger partial charge in [-0.15, -0.1) is 0 Å². The van der Waals surface area contributed by atoms with Crippen molar-refractivity contribution in [1.82, 2.24) is 19.5 Å². The summed E-state index contributed by atoms with van der Waals surface area (Å²) >= 11 is 5.25. The molecule has 2 N–H and O–H groups in total. The van der Waals surface area contributed by atoms with E-state index in [0.29, 0.717) is 10.6 Å². The smallest absolute Gasteiger partial charge is 0.165 e. The number of nitrogens with zero attached hydrogens (tertiary/aromatic N) is 4. The van der Waals surface area contributed by atoms with Crippen molar-refractivity contribution in [2.75, 3.05) is 32.8 Å². The molecule has 1 saturated heterocycles. The average Bonchev–Trinajstić information content (AvgIpc) is 3.10. The van der Waals surface area contributed by atoms with E-state index in [1.807, 2.05) is 30.5 Å². The van der Waals surface area contributed by atoms with Crippen LogP contribution in [-0.4, -0.2) is 57.3 Å². The number of pyridine rings is 1. The molecule has 3 heterocycles. The van der Waals surface area contributed by atoms with E-state index < -0.39 is 0 Å². The summed E-state index contributed by atoms with van der Waals surface area (Å²) in [4.78, 5) is 7.39. The van der Waals surface area contributed by atoms with E-state index in [0.717, 1.165) is 61.8 Å². The molecule has 0 saturated carbocycles. The highest BCUT2D eigenvalue weighted by atomic mass is 32.1. The molecular weight excluding hydrogens is 346 g/mol. The Morgan fingerprint density at radius 1 is 1.15 bits per heavy atom. The molecule has 26 heavy (non-hydrogen) atoms. The number of fused-ring (bicyclic) bond motifs is 1. The Kier molecular flexibility index (Phi) is 4.92. The lowest BCUT2D eigenvalue weighted by Gasteiger charge is -2.25. The first-order valence-corrected chi connectivity index (χ1v) is 9.16. The molecule has 0 aliphatic carbocycles. The first kappa shape index (κ1) is 17.1. The SMILES string of the molecule is NC(=S)c1cc(-c2ccccc2)cn2nc(CCN3CCOCC3)nc12. The summed E-state index contributed by atoms with van der Waals surface area (Å²) in [5.74, 6) is 0.805. The molecule has 0 unspecified atom stereocenters. The highest BCUT2D eigenvalue weighted by molar-refractivity contribution is 7.80. The molecule has 0 spiro atoms. The Bertz CT molecular complexity index is 918. The summed E-state index contributed by atoms with van der Waals surface area (Å²) in [5, 5.41) is 4.66. The number of hydrogen-bond acceptors (Lipinski definition) is 5. The Labute approximate surface area is 157 Å². The van der Waals surface area contributed by atoms with Gasteiger partial charge in [0.25, 0.3) is 0 Å². The number of hydrogen-bond donors (Lipinski definition) is 1. The normalized spacial score (nSPS) is 15.4. The van der Waals surface area contributed by atoms with Crippen LogP contribution in [0.2, 0.25) is 0 Å². The third kappa shape index (κ3) is 3.60. The largest absolute Gasteiger partial charge is 0.389 e. The molecule has 2 aromatic heterocycles. The van der Waals surface area contributed by atoms with E-state index >= 15 is 0 Å². The van der Waals surface area contributed by atoms with Crippen LogP contribution < -0.4 is 5.73 Å². The zero-order valence-electron chi connectivity index (χ0n) is 14.5. The van der Waals surface area contributed by atoms with Crippen molar-refractivity contribution in [3.63, 3.8) is 0 Å². The van der Waals surface area contributed by atoms with Crippen molar-refractivity contribution in [2.24, 2.45) is 5.73 Å². The number of benzene rings is 1. The first-order chi connectivity index (χ1) is 12.7. The van der Waals surface area contributed by atoms with Crippen LogP contribution in [0.15, 0.2) is 42.6 Å². The molecule has 1 aromatic carbocycles. The number of ether oxygens (including phenoxy) is 1. The van der Waals surface area contributed by atoms with E-state index in [1.54, 1.807) is 4.52 Å². The molecule has 0 amide bonds. The number of nitrogens with two attached hydrogens (primary N) is 1. The fourth-order valence-electron chi connectivity index (χ4n) is 3.19. The number of rotatable bonds is 5. The van der Waals surface area contributed by atoms with Crippen molar-refractivity contribution >= 4 is 22.9 Å². The Balaban J connectivity index is 1.65. The summed E-state index contributed by atoms with van der Waals surface area (Å²) in [6.45, 7) is 4.44. The van der Waals surface area contributed by atoms with Crippen molar-refractivity contribution in [1.29, 1.82) is 0 Å². The second-order valence-corrected chi connectivity index (χ2v) is 6.81. The first-order valence-electron chi connectivity index (χ1n) is 8.75. The van der Waals surface area contributed by atoms with E-state index in [4.69, 9.17) is 22.7 Å². The molecule has 0 bridgehead atoms. The highest BCUT2D eigenvalue weighted by Gasteiger charge is 2.15. The van der Waals surface area contributed by atoms with Gasteiger partial charge in [0.15, 0.2) is 11.5 Å². The molecule has 3 aromatic rings. The number of aromatic nitrogens is 3. The summed E-state index contributed by atoms with van der Waals surface area (Å²) < 4.78 is 7.19. The van der Waals surface area contributed by atoms with Gasteiger partial charge in [-0.2, -0.15) is 5.10 Å². The summed E-state index contributed by atoms with van der Waals surface area (Å²) in [6, 6.07) is 12.1. The van der Waals surface area contributed by atoms with Crippen LogP contribution in [0.5, 0.6) is 0 Å². The standard InChI is InChI=1S/C19H21N5OS/c20-18(26)16-12-15(14-4-2-1-3-5-14)13-24-19(16)21-17(22-24)6-7-23-8-10-25-11-9-23/h1-5,12-13H,6-11H2,(H2,20,26). The second kappa shape index (κ2) is 7.49. The van der Waals surface area contributed by atoms with E-state index in [2.05, 4.69) is 27.1 Å². The van der Waals surface area contributed by atoms with E-state index in [9.17, 15) is 0 Å². The zero-order chi connectivity index (χ0) is 17.9. The molecule has 1 fully saturated rings. The van der Waals surface area contributed by atoms with E-state index in [1.165, 1.54) is 0 Å². The van der Waals surface area contributed by atoms with Crippen molar-refractivity contribution in [3.05, 3.63) is 54.0 Å². The summed E-state index contributed by atoms with van der Waals surface area (Å²) in [5.41, 5.74) is 9.54. The third-order valence-electron chi connectivity index (χ3n) is 4.61. The second-order valence-electron chi connectivity index (χ2n) is 6.37. The van der Waals surface area contributed by atoms with Crippen LogP contribution >= 0.6 is 12.2 Å². The Hall–Kier alpha value is -2.35. The molecule has 6 nitrogen and oxygen atoms in total. The highest BCUT2D eigenvalue weighted by Crippen LogP contribution is 2.22. The molecule has 4 rings (SSSR count). The van der Waals surface area contributed by atoms with Gasteiger partial charge in [0.1, 0.15) is 4.99 Å². The number of morpholine rings is 1. The van der Waals surface area contributed by atoms with Gasteiger partial charge in [0, 0.05) is 37.8 Å². The summed E-state index contributed by atoms with van der Waals surface area (Å²) in [6.07, 6.45) is 2.77. The van der Waals surface area contributed by atoms with Gasteiger partial charge in [0.2, 0.25) is 0 Å². The van der Waals surface area contributed by atoms with Gasteiger partial charge in [-0.25, -0.2) is 9.50 Å². The summed E-state index contributed by atoms with van der Waals surface area (Å²) in [7, 11) is 0. The molecular formula is C19H21N5OS. The lowest BCUT2D eigenvalue weighted by molar-refractivity contribution is 0.0382. The van der Waals surface area contributed by atoms with Crippen LogP contribution in [0.1, 0.15) is 11.4 Å². The quantitative estimate of drug-likeness (QED) is 0.695. The van der Waals surface area contributed by atoms with Gasteiger partial charge < -0.3 is 10.5 Å². The lowest BCUT2D eigenvalue weighted by atomic mass is 10.1. The maximum absolute atomic E-state index is 5.96. The molecule has 134 valence electrons. The zero-order valence-corrected chi connectivity index (χ0v) is 15.3. The van der Waals surface area contributed by atoms with Crippen molar-refractivity contribution in [2.45, 2.75) is 6.42 Å². The monoisotopic (exact) mass is 367 g/mol. The molecule has 1 aliphatic heterocycles. The van der Waals surface area contributed by atoms with E-state index in [-0.39, 0.29) is 0 Å². The Morgan fingerprint density at radius 2 is 1.92 bits per heavy atom. The van der Waals surface area contributed by atoms with Crippen LogP contribution in [-0.2, 0) is 11.2 Å². The average molecular weight is 367 g/mol. The maximum atomic E-state index is 5.96. The molecule has 0 radical (unpaired) electrons. The van der Waals surface area contributed by atoms with Gasteiger partial charge in [-0.3, -0.25) is 4.90 Å². The van der Waals surface area contributed by atoms with Crippen molar-refractivity contribution in [3.8, 4) is 11.1 Å². The van der Waals surface area contributed by atoms with Gasteiger partial charge in [0.05, 0.1) is 18.8 Å². The maximum Gasteiger partial charge on any atom is 0.165 e. The fraction of sp³-hybridized carbons (Fsp3) is 0.316. The lowest BCUT2D eigenvalue weighted by Crippen LogP contribution is -2.37. The predicted octanol–water partition coefficient (Wildman–Crippen LogP) is 1.91. The predicted molar refractivity (Wildman–Crippen MR) is 105 cm³/mol. The number of thiocarbonyl (C=S) groups is 1. The topological polar surface area (TPSA) is 68.7 Å². The fourth-order valence-corrected chi connectivity index (χ4v) is 3.34. The minimum atomic E-state index is 0.333. The minimum absolute atomic E-state index is 0.333. The van der Waals surface area contributed by atoms with Gasteiger partial charge in [-0.05, 0) is 11.6 Å².